The third-order valence-corrected chi connectivity index (χ3v) is 4.05. The Morgan fingerprint density at radius 1 is 0.480 bits per heavy atom. The van der Waals surface area contributed by atoms with E-state index >= 15 is 0 Å². The molecule has 0 aromatic rings. The molecule has 0 saturated carbocycles. The molecule has 3 saturated heterocycles. The Balaban J connectivity index is 0.000000303. The van der Waals surface area contributed by atoms with E-state index in [9.17, 15) is 0 Å². The summed E-state index contributed by atoms with van der Waals surface area (Å²) in [5, 5.41) is 16.4. The largest absolute Gasteiger partial charge is 4.00 e. The maximum atomic E-state index is 4.18. The van der Waals surface area contributed by atoms with E-state index in [2.05, 4.69) is 21.3 Å². The Labute approximate surface area is 166 Å². The third-order valence-electron chi connectivity index (χ3n) is 4.05. The fraction of sp³-hybridized carbons (Fsp3) is 0.800. The number of piperidine rings is 3. The Morgan fingerprint density at radius 2 is 0.880 bits per heavy atom. The molecule has 4 heterocycles. The van der Waals surface area contributed by atoms with Gasteiger partial charge in [0.15, 0.2) is 0 Å². The van der Waals surface area contributed by atoms with Gasteiger partial charge < -0.3 is 21.3 Å². The van der Waals surface area contributed by atoms with Gasteiger partial charge in [-0.2, -0.15) is 6.20 Å². The second-order valence-corrected chi connectivity index (χ2v) is 6.33. The number of nitrogens with zero attached hydrogens (tertiary/aromatic N) is 4. The van der Waals surface area contributed by atoms with Gasteiger partial charge in [0.1, 0.15) is 0 Å². The molecule has 0 radical (unpaired) electrons. The molecule has 0 aromatic carbocycles. The van der Waals surface area contributed by atoms with E-state index in [-0.39, 0.29) is 17.1 Å². The molecule has 4 rings (SSSR count). The molecule has 3 fully saturated rings. The Hall–Kier alpha value is -0.321. The molecule has 0 amide bonds. The Kier molecular flexibility index (Phi) is 21.4. The van der Waals surface area contributed by atoms with Crippen LogP contribution in [0.5, 0.6) is 0 Å². The molecule has 0 bridgehead atoms. The average Bonchev–Trinajstić information content (AvgIpc) is 2.75. The molecule has 0 atom stereocenters. The van der Waals surface area contributed by atoms with Gasteiger partial charge in [-0.1, -0.05) is 69.9 Å². The monoisotopic (exact) mass is 388 g/mol. The van der Waals surface area contributed by atoms with Crippen molar-refractivity contribution in [3.63, 3.8) is 0 Å². The van der Waals surface area contributed by atoms with Gasteiger partial charge in [-0.15, -0.1) is 51.9 Å². The van der Waals surface area contributed by atoms with Gasteiger partial charge in [-0.05, 0) is 0 Å². The summed E-state index contributed by atoms with van der Waals surface area (Å²) in [6.07, 6.45) is 20.0. The maximum absolute atomic E-state index is 4.18. The molecule has 0 aliphatic carbocycles. The summed E-state index contributed by atoms with van der Waals surface area (Å²) in [6.45, 7) is 7.61. The van der Waals surface area contributed by atoms with Crippen molar-refractivity contribution < 1.29 is 17.1 Å². The van der Waals surface area contributed by atoms with Crippen LogP contribution in [0.4, 0.5) is 0 Å². The quantitative estimate of drug-likeness (QED) is 0.452. The van der Waals surface area contributed by atoms with Crippen molar-refractivity contribution in [2.45, 2.75) is 57.8 Å². The van der Waals surface area contributed by atoms with Gasteiger partial charge in [0.25, 0.3) is 0 Å². The molecule has 0 aromatic heterocycles. The summed E-state index contributed by atoms with van der Waals surface area (Å²) in [4.78, 5) is 0. The van der Waals surface area contributed by atoms with Crippen LogP contribution >= 0.6 is 0 Å². The van der Waals surface area contributed by atoms with Gasteiger partial charge in [-0.25, -0.2) is 0 Å². The number of hydrogen-bond donors (Lipinski definition) is 0. The Bertz CT molecular complexity index is 221. The molecular weight excluding hydrogens is 352 g/mol. The van der Waals surface area contributed by atoms with Crippen molar-refractivity contribution >= 4 is 0 Å². The van der Waals surface area contributed by atoms with Crippen molar-refractivity contribution in [1.82, 2.24) is 0 Å². The molecule has 4 aliphatic heterocycles. The number of rotatable bonds is 0. The second kappa shape index (κ2) is 21.7. The average molecular weight is 388 g/mol. The van der Waals surface area contributed by atoms with Gasteiger partial charge >= 0.3 is 17.1 Å². The normalized spacial score (nSPS) is 21.4. The predicted octanol–water partition coefficient (Wildman–Crippen LogP) is 6.07. The smallest absolute Gasteiger partial charge is 0.687 e. The van der Waals surface area contributed by atoms with Crippen LogP contribution in [0.1, 0.15) is 57.8 Å². The van der Waals surface area contributed by atoms with Crippen LogP contribution in [0, 0.1) is 0 Å². The minimum atomic E-state index is 0. The van der Waals surface area contributed by atoms with Crippen LogP contribution in [-0.2, 0) is 17.1 Å². The van der Waals surface area contributed by atoms with Crippen LogP contribution in [0.3, 0.4) is 0 Å². The minimum Gasteiger partial charge on any atom is -0.687 e. The van der Waals surface area contributed by atoms with Gasteiger partial charge in [0.2, 0.25) is 0 Å². The van der Waals surface area contributed by atoms with Crippen LogP contribution in [-0.4, -0.2) is 45.8 Å². The van der Waals surface area contributed by atoms with Crippen molar-refractivity contribution in [3.8, 4) is 0 Å². The fourth-order valence-corrected chi connectivity index (χ4v) is 2.58. The molecule has 0 N–H and O–H groups in total. The van der Waals surface area contributed by atoms with Gasteiger partial charge in [-0.3, -0.25) is 0 Å². The zero-order valence-corrected chi connectivity index (χ0v) is 16.9. The SMILES string of the molecule is C1=CC[N-]C=C1.C1CC[N-]CC1.C1CC[N-]CC1.C1CC[N-]CC1.[Fe+4]. The molecule has 5 heteroatoms. The van der Waals surface area contributed by atoms with Crippen LogP contribution in [0.15, 0.2) is 24.4 Å². The zero-order chi connectivity index (χ0) is 17.0. The number of hydrogen-bond acceptors (Lipinski definition) is 0. The zero-order valence-electron chi connectivity index (χ0n) is 15.8. The summed E-state index contributed by atoms with van der Waals surface area (Å²) >= 11 is 0. The fourth-order valence-electron chi connectivity index (χ4n) is 2.58. The molecule has 4 nitrogen and oxygen atoms in total. The summed E-state index contributed by atoms with van der Waals surface area (Å²) in [6, 6.07) is 0. The summed E-state index contributed by atoms with van der Waals surface area (Å²) in [5.41, 5.74) is 0. The van der Waals surface area contributed by atoms with E-state index in [0.717, 1.165) is 45.8 Å². The first kappa shape index (κ1) is 24.7. The first-order chi connectivity index (χ1) is 12.0. The summed E-state index contributed by atoms with van der Waals surface area (Å²) < 4.78 is 0. The van der Waals surface area contributed by atoms with E-state index in [1.807, 2.05) is 18.2 Å². The second-order valence-electron chi connectivity index (χ2n) is 6.33. The number of allylic oxidation sites excluding steroid dienone is 2. The van der Waals surface area contributed by atoms with E-state index in [1.165, 1.54) is 57.8 Å². The molecule has 4 aliphatic rings. The molecule has 0 unspecified atom stereocenters. The predicted molar refractivity (Wildman–Crippen MR) is 107 cm³/mol. The van der Waals surface area contributed by atoms with Crippen molar-refractivity contribution in [2.75, 3.05) is 45.8 Å². The van der Waals surface area contributed by atoms with Crippen LogP contribution in [0.2, 0.25) is 0 Å². The van der Waals surface area contributed by atoms with Crippen molar-refractivity contribution in [1.29, 1.82) is 0 Å². The van der Waals surface area contributed by atoms with Crippen molar-refractivity contribution in [2.24, 2.45) is 0 Å². The summed E-state index contributed by atoms with van der Waals surface area (Å²) in [5.74, 6) is 0. The minimum absolute atomic E-state index is 0. The van der Waals surface area contributed by atoms with Crippen LogP contribution < -0.4 is 0 Å². The topological polar surface area (TPSA) is 56.4 Å². The van der Waals surface area contributed by atoms with E-state index < -0.39 is 0 Å². The first-order valence-corrected chi connectivity index (χ1v) is 9.88. The van der Waals surface area contributed by atoms with E-state index in [0.29, 0.717) is 0 Å². The van der Waals surface area contributed by atoms with Gasteiger partial charge in [0, 0.05) is 0 Å². The Morgan fingerprint density at radius 3 is 0.960 bits per heavy atom. The third kappa shape index (κ3) is 19.8. The standard InChI is InChI=1S/3C5H10N.C5H6N.Fe/c4*1-2-4-6-5-3-1;/h3*1-5H2;1-4H,5H2;/q4*-1;+4. The summed E-state index contributed by atoms with van der Waals surface area (Å²) in [7, 11) is 0. The molecule has 144 valence electrons. The molecule has 0 spiro atoms. The first-order valence-electron chi connectivity index (χ1n) is 9.88. The van der Waals surface area contributed by atoms with Crippen LogP contribution in [0.25, 0.3) is 21.3 Å². The van der Waals surface area contributed by atoms with E-state index in [4.69, 9.17) is 0 Å². The molecular formula is C20H36FeN4. The maximum Gasteiger partial charge on any atom is 4.00 e. The van der Waals surface area contributed by atoms with Crippen molar-refractivity contribution in [3.05, 3.63) is 45.7 Å². The molecule has 25 heavy (non-hydrogen) atoms. The van der Waals surface area contributed by atoms with E-state index in [1.54, 1.807) is 6.20 Å². The van der Waals surface area contributed by atoms with Gasteiger partial charge in [0.05, 0.1) is 0 Å².